The molecule has 0 saturated heterocycles. The van der Waals surface area contributed by atoms with E-state index in [0.29, 0.717) is 18.3 Å². The van der Waals surface area contributed by atoms with Gasteiger partial charge in [0.05, 0.1) is 12.0 Å². The molecule has 1 unspecified atom stereocenters. The molecule has 0 amide bonds. The van der Waals surface area contributed by atoms with Crippen LogP contribution in [0, 0.1) is 0 Å². The van der Waals surface area contributed by atoms with Crippen LogP contribution in [0.25, 0.3) is 0 Å². The number of sulfonamides is 1. The first-order chi connectivity index (χ1) is 9.80. The van der Waals surface area contributed by atoms with Gasteiger partial charge in [0.1, 0.15) is 5.75 Å². The Bertz CT molecular complexity index is 556. The fraction of sp³-hybridized carbons (Fsp3) is 0.600. The molecule has 2 N–H and O–H groups in total. The Morgan fingerprint density at radius 3 is 2.43 bits per heavy atom. The molecule has 120 valence electrons. The second-order valence-electron chi connectivity index (χ2n) is 5.44. The van der Waals surface area contributed by atoms with Gasteiger partial charge in [0, 0.05) is 24.2 Å². The molecule has 1 atom stereocenters. The first-order valence-corrected chi connectivity index (χ1v) is 8.71. The van der Waals surface area contributed by atoms with Crippen LogP contribution < -0.4 is 14.8 Å². The van der Waals surface area contributed by atoms with E-state index < -0.39 is 10.0 Å². The van der Waals surface area contributed by atoms with Gasteiger partial charge in [-0.25, -0.2) is 13.1 Å². The molecule has 1 rings (SSSR count). The molecule has 0 spiro atoms. The molecule has 0 radical (unpaired) electrons. The largest absolute Gasteiger partial charge is 0.496 e. The predicted octanol–water partition coefficient (Wildman–Crippen LogP) is 2.27. The third-order valence-corrected chi connectivity index (χ3v) is 4.82. The van der Waals surface area contributed by atoms with Gasteiger partial charge in [-0.3, -0.25) is 0 Å². The molecule has 1 aromatic carbocycles. The standard InChI is InChI=1S/C15H26N2O3S/c1-6-12(4)17-21(18,19)14-7-8-15(20-5)13(9-14)10-16-11(2)3/h7-9,11-12,16-17H,6,10H2,1-5H3. The molecule has 0 bridgehead atoms. The van der Waals surface area contributed by atoms with Gasteiger partial charge in [0.25, 0.3) is 0 Å². The molecule has 5 nitrogen and oxygen atoms in total. The number of methoxy groups -OCH3 is 1. The molecule has 0 aromatic heterocycles. The van der Waals surface area contributed by atoms with Crippen LogP contribution in [-0.4, -0.2) is 27.6 Å². The summed E-state index contributed by atoms with van der Waals surface area (Å²) in [4.78, 5) is 0.268. The Labute approximate surface area is 128 Å². The van der Waals surface area contributed by atoms with Gasteiger partial charge >= 0.3 is 0 Å². The van der Waals surface area contributed by atoms with Crippen LogP contribution in [0.15, 0.2) is 23.1 Å². The summed E-state index contributed by atoms with van der Waals surface area (Å²) in [6.45, 7) is 8.43. The van der Waals surface area contributed by atoms with Crippen molar-refractivity contribution in [3.8, 4) is 5.75 Å². The Hall–Kier alpha value is -1.11. The number of benzene rings is 1. The maximum atomic E-state index is 12.3. The minimum atomic E-state index is -3.49. The molecule has 0 aliphatic rings. The highest BCUT2D eigenvalue weighted by Gasteiger charge is 2.18. The van der Waals surface area contributed by atoms with Crippen LogP contribution >= 0.6 is 0 Å². The van der Waals surface area contributed by atoms with Crippen molar-refractivity contribution in [2.45, 2.75) is 57.6 Å². The van der Waals surface area contributed by atoms with E-state index in [4.69, 9.17) is 4.74 Å². The fourth-order valence-corrected chi connectivity index (χ4v) is 3.17. The first-order valence-electron chi connectivity index (χ1n) is 7.22. The normalized spacial score (nSPS) is 13.4. The summed E-state index contributed by atoms with van der Waals surface area (Å²) in [6.07, 6.45) is 0.747. The van der Waals surface area contributed by atoms with E-state index >= 15 is 0 Å². The monoisotopic (exact) mass is 314 g/mol. The fourth-order valence-electron chi connectivity index (χ4n) is 1.79. The van der Waals surface area contributed by atoms with Gasteiger partial charge in [0.2, 0.25) is 10.0 Å². The minimum absolute atomic E-state index is 0.0886. The summed E-state index contributed by atoms with van der Waals surface area (Å²) >= 11 is 0. The summed E-state index contributed by atoms with van der Waals surface area (Å²) in [7, 11) is -1.91. The Morgan fingerprint density at radius 1 is 1.24 bits per heavy atom. The Kier molecular flexibility index (Phi) is 6.64. The van der Waals surface area contributed by atoms with E-state index in [2.05, 4.69) is 10.0 Å². The van der Waals surface area contributed by atoms with E-state index in [-0.39, 0.29) is 10.9 Å². The van der Waals surface area contributed by atoms with Crippen molar-refractivity contribution in [2.24, 2.45) is 0 Å². The summed E-state index contributed by atoms with van der Waals surface area (Å²) < 4.78 is 32.6. The summed E-state index contributed by atoms with van der Waals surface area (Å²) in [6, 6.07) is 5.16. The van der Waals surface area contributed by atoms with E-state index in [9.17, 15) is 8.42 Å². The van der Waals surface area contributed by atoms with Crippen molar-refractivity contribution in [1.29, 1.82) is 0 Å². The van der Waals surface area contributed by atoms with E-state index in [0.717, 1.165) is 12.0 Å². The maximum Gasteiger partial charge on any atom is 0.240 e. The van der Waals surface area contributed by atoms with Crippen molar-refractivity contribution in [3.63, 3.8) is 0 Å². The number of rotatable bonds is 8. The van der Waals surface area contributed by atoms with Gasteiger partial charge in [-0.15, -0.1) is 0 Å². The van der Waals surface area contributed by atoms with Gasteiger partial charge < -0.3 is 10.1 Å². The zero-order valence-electron chi connectivity index (χ0n) is 13.4. The summed E-state index contributed by atoms with van der Waals surface area (Å²) in [5.41, 5.74) is 0.832. The zero-order chi connectivity index (χ0) is 16.0. The lowest BCUT2D eigenvalue weighted by atomic mass is 10.2. The smallest absolute Gasteiger partial charge is 0.240 e. The molecule has 0 aliphatic heterocycles. The maximum absolute atomic E-state index is 12.3. The van der Waals surface area contributed by atoms with E-state index in [1.165, 1.54) is 0 Å². The SMILES string of the molecule is CCC(C)NS(=O)(=O)c1ccc(OC)c(CNC(C)C)c1. The highest BCUT2D eigenvalue weighted by molar-refractivity contribution is 7.89. The van der Waals surface area contributed by atoms with Crippen molar-refractivity contribution in [2.75, 3.05) is 7.11 Å². The number of nitrogens with one attached hydrogen (secondary N) is 2. The molecule has 1 aromatic rings. The van der Waals surface area contributed by atoms with Crippen molar-refractivity contribution < 1.29 is 13.2 Å². The lowest BCUT2D eigenvalue weighted by Gasteiger charge is -2.15. The van der Waals surface area contributed by atoms with Crippen LogP contribution in [0.5, 0.6) is 5.75 Å². The topological polar surface area (TPSA) is 67.4 Å². The highest BCUT2D eigenvalue weighted by Crippen LogP contribution is 2.22. The molecule has 21 heavy (non-hydrogen) atoms. The summed E-state index contributed by atoms with van der Waals surface area (Å²) in [5.74, 6) is 0.686. The Balaban J connectivity index is 3.06. The van der Waals surface area contributed by atoms with Gasteiger partial charge in [-0.05, 0) is 31.5 Å². The third-order valence-electron chi connectivity index (χ3n) is 3.23. The van der Waals surface area contributed by atoms with Crippen molar-refractivity contribution >= 4 is 10.0 Å². The van der Waals surface area contributed by atoms with Crippen LogP contribution in [0.3, 0.4) is 0 Å². The van der Waals surface area contributed by atoms with Gasteiger partial charge in [0.15, 0.2) is 0 Å². The Morgan fingerprint density at radius 2 is 1.90 bits per heavy atom. The quantitative estimate of drug-likeness (QED) is 0.772. The van der Waals surface area contributed by atoms with Crippen molar-refractivity contribution in [1.82, 2.24) is 10.0 Å². The van der Waals surface area contributed by atoms with Crippen molar-refractivity contribution in [3.05, 3.63) is 23.8 Å². The van der Waals surface area contributed by atoms with Crippen LogP contribution in [0.4, 0.5) is 0 Å². The second kappa shape index (κ2) is 7.77. The molecule has 0 saturated carbocycles. The average Bonchev–Trinajstić information content (AvgIpc) is 2.44. The number of hydrogen-bond donors (Lipinski definition) is 2. The first kappa shape index (κ1) is 17.9. The molecule has 6 heteroatoms. The van der Waals surface area contributed by atoms with Crippen LogP contribution in [-0.2, 0) is 16.6 Å². The molecule has 0 heterocycles. The lowest BCUT2D eigenvalue weighted by molar-refractivity contribution is 0.406. The lowest BCUT2D eigenvalue weighted by Crippen LogP contribution is -2.32. The summed E-state index contributed by atoms with van der Waals surface area (Å²) in [5, 5.41) is 3.27. The van der Waals surface area contributed by atoms with Crippen LogP contribution in [0.1, 0.15) is 39.7 Å². The van der Waals surface area contributed by atoms with Gasteiger partial charge in [-0.1, -0.05) is 20.8 Å². The molecular weight excluding hydrogens is 288 g/mol. The number of hydrogen-bond acceptors (Lipinski definition) is 4. The molecule has 0 aliphatic carbocycles. The predicted molar refractivity (Wildman–Crippen MR) is 85.0 cm³/mol. The van der Waals surface area contributed by atoms with Gasteiger partial charge in [-0.2, -0.15) is 0 Å². The average molecular weight is 314 g/mol. The minimum Gasteiger partial charge on any atom is -0.496 e. The zero-order valence-corrected chi connectivity index (χ0v) is 14.3. The highest BCUT2D eigenvalue weighted by atomic mass is 32.2. The third kappa shape index (κ3) is 5.30. The number of ether oxygens (including phenoxy) is 1. The molecular formula is C15H26N2O3S. The van der Waals surface area contributed by atoms with Crippen LogP contribution in [0.2, 0.25) is 0 Å². The van der Waals surface area contributed by atoms with E-state index in [1.807, 2.05) is 27.7 Å². The van der Waals surface area contributed by atoms with E-state index in [1.54, 1.807) is 25.3 Å². The molecule has 0 fully saturated rings. The second-order valence-corrected chi connectivity index (χ2v) is 7.15.